The first-order chi connectivity index (χ1) is 19.5. The summed E-state index contributed by atoms with van der Waals surface area (Å²) in [5, 5.41) is 0. The molecule has 0 fully saturated rings. The van der Waals surface area contributed by atoms with Crippen LogP contribution >= 0.6 is 260 Å². The summed E-state index contributed by atoms with van der Waals surface area (Å²) in [5.41, 5.74) is 0. The van der Waals surface area contributed by atoms with E-state index in [4.69, 9.17) is 29.6 Å². The number of hydrogen-bond acceptors (Lipinski definition) is 6. The van der Waals surface area contributed by atoms with Crippen LogP contribution in [0.4, 0.5) is 0 Å². The van der Waals surface area contributed by atoms with Crippen LogP contribution in [0.3, 0.4) is 0 Å². The van der Waals surface area contributed by atoms with E-state index in [0.717, 1.165) is 11.5 Å². The van der Waals surface area contributed by atoms with Crippen molar-refractivity contribution in [1.29, 1.82) is 0 Å². The fraction of sp³-hybridized carbons (Fsp3) is 0.250. The van der Waals surface area contributed by atoms with Crippen molar-refractivity contribution in [1.82, 2.24) is 0 Å². The Morgan fingerprint density at radius 2 is 0.857 bits per heavy atom. The van der Waals surface area contributed by atoms with Crippen LogP contribution in [0.15, 0.2) is 47.4 Å². The van der Waals surface area contributed by atoms with E-state index < -0.39 is 24.8 Å². The molecule has 0 saturated carbocycles. The monoisotopic (exact) mass is 2660 g/mol. The van der Waals surface area contributed by atoms with Gasteiger partial charge in [-0.25, -0.2) is 8.42 Å². The van der Waals surface area contributed by atoms with Crippen LogP contribution in [0.2, 0.25) is 0 Å². The summed E-state index contributed by atoms with van der Waals surface area (Å²) >= 11 is 30.0. The summed E-state index contributed by atoms with van der Waals surface area (Å²) in [6, 6.07) is 12.1. The Morgan fingerprint density at radius 3 is 1.12 bits per heavy atom. The molecule has 0 amide bonds. The fourth-order valence-electron chi connectivity index (χ4n) is 1.97. The molecule has 0 unspecified atom stereocenters. The van der Waals surface area contributed by atoms with Gasteiger partial charge in [0, 0.05) is 16.7 Å². The number of rotatable bonds is 12. The minimum atomic E-state index is -3.87. The van der Waals surface area contributed by atoms with Gasteiger partial charge >= 0.3 is 249 Å². The predicted molar refractivity (Wildman–Crippen MR) is 344 cm³/mol. The zero-order chi connectivity index (χ0) is 32.8. The van der Waals surface area contributed by atoms with Gasteiger partial charge in [0.05, 0.1) is 28.4 Å². The normalized spacial score (nSPS) is 13.4. The van der Waals surface area contributed by atoms with Crippen LogP contribution in [-0.4, -0.2) is 36.9 Å². The van der Waals surface area contributed by atoms with Crippen molar-refractivity contribution < 1.29 is 27.4 Å². The van der Waals surface area contributed by atoms with Gasteiger partial charge in [-0.3, -0.25) is 0 Å². The first-order valence-corrected chi connectivity index (χ1v) is 118. The van der Waals surface area contributed by atoms with E-state index in [1.54, 1.807) is 20.3 Å². The summed E-state index contributed by atoms with van der Waals surface area (Å²) in [7, 11) is 4.23. The SMILES string of the molecule is COc1cccc(OC)c1.COc1cccc(OC)c1S(=O)(=O)Cl.II(I)I(I)I(I)I(I)I(I)I(I)I(I)I(I)I. The number of benzene rings is 2. The zero-order valence-corrected chi connectivity index (χ0v) is 61.0. The van der Waals surface area contributed by atoms with E-state index in [0.29, 0.717) is 0 Å². The summed E-state index contributed by atoms with van der Waals surface area (Å²) in [6.07, 6.45) is 0. The second kappa shape index (κ2) is 30.1. The Bertz CT molecular complexity index is 1100. The van der Waals surface area contributed by atoms with E-state index in [2.05, 4.69) is 186 Å². The molecule has 0 saturated heterocycles. The van der Waals surface area contributed by atoms with Crippen molar-refractivity contribution >= 4 is 269 Å². The van der Waals surface area contributed by atoms with Gasteiger partial charge in [-0.15, -0.1) is 0 Å². The van der Waals surface area contributed by atoms with E-state index >= 15 is 0 Å². The van der Waals surface area contributed by atoms with Crippen molar-refractivity contribution in [2.75, 3.05) is 28.4 Å². The number of methoxy groups -OCH3 is 4. The second-order valence-electron chi connectivity index (χ2n) is 5.61. The van der Waals surface area contributed by atoms with E-state index in [1.165, 1.54) is 26.4 Å². The molecule has 0 aliphatic carbocycles. The summed E-state index contributed by atoms with van der Waals surface area (Å²) in [6.45, 7) is 0. The van der Waals surface area contributed by atoms with Gasteiger partial charge < -0.3 is 18.9 Å². The fourth-order valence-corrected chi connectivity index (χ4v) is 2520. The van der Waals surface area contributed by atoms with Gasteiger partial charge in [0.25, 0.3) is 9.05 Å². The zero-order valence-electron chi connectivity index (χ0n) is 20.6. The van der Waals surface area contributed by atoms with Gasteiger partial charge in [0.15, 0.2) is 4.90 Å². The van der Waals surface area contributed by atoms with Crippen molar-refractivity contribution in [2.24, 2.45) is 0 Å². The molecular weight excluding hydrogens is 2640 g/mol. The number of hydrogen-bond donors (Lipinski definition) is 0. The second-order valence-corrected chi connectivity index (χ2v) is 398. The van der Waals surface area contributed by atoms with Crippen molar-refractivity contribution in [3.63, 3.8) is 0 Å². The Morgan fingerprint density at radius 1 is 0.548 bits per heavy atom. The van der Waals surface area contributed by atoms with Gasteiger partial charge in [-0.2, -0.15) is 0 Å². The molecular formula is C16H19ClI18O6S. The molecule has 26 heteroatoms. The number of halogens is 19. The summed E-state index contributed by atoms with van der Waals surface area (Å²) in [5.74, 6) is 1.97. The van der Waals surface area contributed by atoms with Crippen LogP contribution in [0.1, 0.15) is 0 Å². The van der Waals surface area contributed by atoms with Gasteiger partial charge in [-0.1, -0.05) is 12.1 Å². The molecule has 0 bridgehead atoms. The average Bonchev–Trinajstić information content (AvgIpc) is 2.98. The van der Waals surface area contributed by atoms with Crippen LogP contribution in [0.25, 0.3) is 0 Å². The molecule has 0 aliphatic heterocycles. The summed E-state index contributed by atoms with van der Waals surface area (Å²) in [4.78, 5) is -0.147. The minimum absolute atomic E-state index is 0.147. The van der Waals surface area contributed by atoms with E-state index in [1.807, 2.05) is 24.3 Å². The maximum absolute atomic E-state index is 11.2. The third kappa shape index (κ3) is 21.5. The molecule has 6 nitrogen and oxygen atoms in total. The topological polar surface area (TPSA) is 71.1 Å². The van der Waals surface area contributed by atoms with E-state index in [9.17, 15) is 8.42 Å². The van der Waals surface area contributed by atoms with Gasteiger partial charge in [-0.05, 0) is 24.3 Å². The Labute approximate surface area is 380 Å². The van der Waals surface area contributed by atoms with Crippen molar-refractivity contribution in [3.8, 4) is 23.0 Å². The van der Waals surface area contributed by atoms with Crippen LogP contribution in [0.5, 0.6) is 23.0 Å². The van der Waals surface area contributed by atoms with Crippen molar-refractivity contribution in [2.45, 2.75) is 4.90 Å². The molecule has 0 heterocycles. The van der Waals surface area contributed by atoms with Gasteiger partial charge in [0.2, 0.25) is 0 Å². The molecule has 42 heavy (non-hydrogen) atoms. The molecule has 2 aromatic carbocycles. The third-order valence-electron chi connectivity index (χ3n) is 3.47. The average molecular weight is 2660 g/mol. The standard InChI is InChI=1S/C8H9ClO4S.C8H10O2.I18/c1-12-6-4-3-5-7(13-2)8(6)14(9,10)11;1-9-7-4-3-5-8(6-7)10-2;1-11(2)13(5)15(7)17(9)18(10)16(8)14(6)12(3)4/h3-5H,1-2H3;3-6H,1-2H3;. The molecule has 0 atom stereocenters. The quantitative estimate of drug-likeness (QED) is 0.156. The van der Waals surface area contributed by atoms with Gasteiger partial charge in [0.1, 0.15) is 23.0 Å². The third-order valence-corrected chi connectivity index (χ3v) is 1160. The maximum atomic E-state index is 11.2. The Balaban J connectivity index is 0.000000624. The molecule has 0 aliphatic rings. The molecule has 0 spiro atoms. The molecule has 2 aromatic rings. The van der Waals surface area contributed by atoms with Crippen LogP contribution in [-0.2, 0) is 9.05 Å². The molecule has 0 radical (unpaired) electrons. The van der Waals surface area contributed by atoms with Crippen LogP contribution < -0.4 is 18.9 Å². The van der Waals surface area contributed by atoms with Crippen LogP contribution in [0, 0.1) is 0 Å². The predicted octanol–water partition coefficient (Wildman–Crippen LogP) is 19.3. The first kappa shape index (κ1) is 53.0. The molecule has 2 rings (SSSR count). The van der Waals surface area contributed by atoms with E-state index in [-0.39, 0.29) is 63.8 Å². The molecule has 0 aromatic heterocycles. The Kier molecular flexibility index (Phi) is 38.1. The van der Waals surface area contributed by atoms with Crippen molar-refractivity contribution in [3.05, 3.63) is 42.5 Å². The molecule has 258 valence electrons. The summed E-state index contributed by atoms with van der Waals surface area (Å²) < 4.78 is 42.1. The first-order valence-electron chi connectivity index (χ1n) is 9.14. The number of ether oxygens (including phenoxy) is 4. The molecule has 0 N–H and O–H groups in total. The Hall–Kier alpha value is 11.0.